The Kier molecular flexibility index (Phi) is 17.3. The summed E-state index contributed by atoms with van der Waals surface area (Å²) in [7, 11) is -4.92. The van der Waals surface area contributed by atoms with E-state index in [9.17, 15) is 19.0 Å². The maximum Gasteiger partial charge on any atom is 0.476 e. The van der Waals surface area contributed by atoms with Gasteiger partial charge in [-0.2, -0.15) is 20.4 Å². The smallest absolute Gasteiger partial charge is 0.379 e. The highest BCUT2D eigenvalue weighted by Gasteiger charge is 2.42. The molecule has 2 atom stereocenters. The van der Waals surface area contributed by atoms with Gasteiger partial charge in [0.1, 0.15) is 21.4 Å². The van der Waals surface area contributed by atoms with Crippen LogP contribution in [0.5, 0.6) is 0 Å². The number of phosphoric ester groups is 1. The summed E-state index contributed by atoms with van der Waals surface area (Å²) < 4.78 is 44.7. The molecular formula is C54H67N16O8PS2. The average molecular weight is 1160 g/mol. The Morgan fingerprint density at radius 2 is 1.01 bits per heavy atom. The Bertz CT molecular complexity index is 3240. The Hall–Kier alpha value is -6.77. The highest BCUT2D eigenvalue weighted by molar-refractivity contribution is 7.47. The summed E-state index contributed by atoms with van der Waals surface area (Å²) in [5, 5.41) is 29.1. The number of ether oxygens (including phenoxy) is 2. The van der Waals surface area contributed by atoms with E-state index < -0.39 is 42.9 Å². The Morgan fingerprint density at radius 3 is 1.37 bits per heavy atom. The number of carbonyl (C=O) groups excluding carboxylic acids is 2. The van der Waals surface area contributed by atoms with E-state index in [1.165, 1.54) is 32.0 Å². The number of amides is 2. The number of phosphoric acid groups is 1. The monoisotopic (exact) mass is 1160 g/mol. The third-order valence-electron chi connectivity index (χ3n) is 14.0. The number of anilines is 2. The molecule has 3 N–H and O–H groups in total. The fraction of sp³-hybridized carbons (Fsp3) is 0.481. The predicted octanol–water partition coefficient (Wildman–Crippen LogP) is 11.1. The highest BCUT2D eigenvalue weighted by atomic mass is 32.1. The van der Waals surface area contributed by atoms with Crippen LogP contribution in [0.25, 0.3) is 44.2 Å². The van der Waals surface area contributed by atoms with Gasteiger partial charge in [0.2, 0.25) is 0 Å². The standard InChI is InChI=1S/C54H67N16O8PS2/c1-9-75-37-17-13-35(14-18-37)67-29-39(43(65-67)45-55-21-11-22-56-45)61-47(71)41-31-80-49(63-41)33-25-59-69(27-33)51(53(3,4)5)77-79(73,74)78-52(54(6,7)8)70-28-34(26-60-70)50-64-42(32-81-50)48(72)62-40-30-68(36-15-19-38(20-16-36)76-10-2)66-44(40)46-57-23-12-24-58-46/h11-12,21-32,35-38,51-52H,9-10,13-20H2,1-8H3,(H,61,71)(H,62,72)(H,73,74). The molecule has 0 bridgehead atoms. The minimum atomic E-state index is -4.92. The van der Waals surface area contributed by atoms with Gasteiger partial charge in [0, 0.05) is 95.5 Å². The molecule has 2 unspecified atom stereocenters. The summed E-state index contributed by atoms with van der Waals surface area (Å²) in [6.45, 7) is 16.4. The van der Waals surface area contributed by atoms with Gasteiger partial charge < -0.3 is 25.0 Å². The highest BCUT2D eigenvalue weighted by Crippen LogP contribution is 2.55. The number of hydrogen-bond donors (Lipinski definition) is 3. The summed E-state index contributed by atoms with van der Waals surface area (Å²) in [5.41, 5.74) is 1.66. The molecule has 2 amide bonds. The predicted molar refractivity (Wildman–Crippen MR) is 304 cm³/mol. The zero-order valence-corrected chi connectivity index (χ0v) is 49.0. The van der Waals surface area contributed by atoms with Crippen molar-refractivity contribution in [1.82, 2.24) is 69.0 Å². The second kappa shape index (κ2) is 24.4. The van der Waals surface area contributed by atoms with Crippen molar-refractivity contribution in [3.63, 3.8) is 0 Å². The molecule has 8 aromatic heterocycles. The molecule has 10 rings (SSSR count). The van der Waals surface area contributed by atoms with Crippen LogP contribution < -0.4 is 10.6 Å². The fourth-order valence-electron chi connectivity index (χ4n) is 9.97. The van der Waals surface area contributed by atoms with E-state index in [-0.39, 0.29) is 35.7 Å². The number of aromatic nitrogens is 14. The Balaban J connectivity index is 0.804. The average Bonchev–Trinajstić information content (AvgIpc) is 4.37. The SMILES string of the molecule is CCOC1CCC(n2cc(NC(=O)c3csc(-c4cnn(C(OP(=O)(O)OC(n5cc(-c6nc(C(=O)Nc7cn(C8CCC(OCC)CC8)nc7-c7ncccn7)cs6)cn5)C(C)(C)C)C(C)(C)C)c4)n3)c(-c3ncccn3)n2)CC1. The Morgan fingerprint density at radius 1 is 0.630 bits per heavy atom. The van der Waals surface area contributed by atoms with Crippen LogP contribution in [0.15, 0.2) is 84.9 Å². The first-order chi connectivity index (χ1) is 38.8. The van der Waals surface area contributed by atoms with Crippen molar-refractivity contribution in [3.05, 3.63) is 96.2 Å². The lowest BCUT2D eigenvalue weighted by molar-refractivity contribution is -0.0603. The summed E-state index contributed by atoms with van der Waals surface area (Å²) >= 11 is 2.48. The summed E-state index contributed by atoms with van der Waals surface area (Å²) in [4.78, 5) is 66.3. The van der Waals surface area contributed by atoms with Crippen LogP contribution in [-0.4, -0.2) is 111 Å². The first-order valence-electron chi connectivity index (χ1n) is 27.1. The van der Waals surface area contributed by atoms with Crippen LogP contribution in [0.2, 0.25) is 0 Å². The normalized spacial score (nSPS) is 19.5. The molecule has 8 heterocycles. The number of thiazole rings is 2. The molecule has 8 aromatic rings. The topological polar surface area (TPSA) is 281 Å². The van der Waals surface area contributed by atoms with E-state index >= 15 is 0 Å². The molecule has 0 saturated heterocycles. The van der Waals surface area contributed by atoms with Crippen molar-refractivity contribution in [1.29, 1.82) is 0 Å². The molecule has 81 heavy (non-hydrogen) atoms. The van der Waals surface area contributed by atoms with Gasteiger partial charge >= 0.3 is 7.82 Å². The summed E-state index contributed by atoms with van der Waals surface area (Å²) in [5.74, 6) is -0.139. The molecule has 428 valence electrons. The van der Waals surface area contributed by atoms with Crippen molar-refractivity contribution in [2.45, 2.75) is 144 Å². The lowest BCUT2D eigenvalue weighted by Gasteiger charge is -2.35. The molecule has 0 radical (unpaired) electrons. The van der Waals surface area contributed by atoms with Crippen molar-refractivity contribution < 1.29 is 37.6 Å². The number of nitrogens with one attached hydrogen (secondary N) is 2. The largest absolute Gasteiger partial charge is 0.476 e. The van der Waals surface area contributed by atoms with E-state index in [1.807, 2.05) is 77.1 Å². The van der Waals surface area contributed by atoms with Crippen LogP contribution in [0.1, 0.15) is 152 Å². The summed E-state index contributed by atoms with van der Waals surface area (Å²) in [6.07, 6.45) is 22.0. The third kappa shape index (κ3) is 13.6. The van der Waals surface area contributed by atoms with Crippen LogP contribution in [0, 0.1) is 10.8 Å². The second-order valence-corrected chi connectivity index (χ2v) is 25.3. The molecule has 2 aliphatic rings. The van der Waals surface area contributed by atoms with Gasteiger partial charge in [-0.3, -0.25) is 28.0 Å². The molecule has 24 nitrogen and oxygen atoms in total. The zero-order valence-electron chi connectivity index (χ0n) is 46.4. The fourth-order valence-corrected chi connectivity index (χ4v) is 12.9. The molecule has 27 heteroatoms. The molecule has 0 aliphatic heterocycles. The van der Waals surface area contributed by atoms with Gasteiger partial charge in [-0.05, 0) is 77.3 Å². The quantitative estimate of drug-likeness (QED) is 0.0598. The third-order valence-corrected chi connectivity index (χ3v) is 16.7. The lowest BCUT2D eigenvalue weighted by Crippen LogP contribution is -2.30. The van der Waals surface area contributed by atoms with Crippen molar-refractivity contribution in [2.24, 2.45) is 10.8 Å². The van der Waals surface area contributed by atoms with Gasteiger partial charge in [0.05, 0.1) is 48.1 Å². The number of carbonyl (C=O) groups is 2. The van der Waals surface area contributed by atoms with Gasteiger partial charge in [-0.15, -0.1) is 22.7 Å². The molecular weight excluding hydrogens is 1100 g/mol. The molecule has 2 saturated carbocycles. The maximum atomic E-state index is 14.3. The molecule has 0 spiro atoms. The molecule has 0 aromatic carbocycles. The van der Waals surface area contributed by atoms with Crippen LogP contribution >= 0.6 is 30.5 Å². The van der Waals surface area contributed by atoms with Gasteiger partial charge in [0.25, 0.3) is 11.8 Å². The van der Waals surface area contributed by atoms with Gasteiger partial charge in [-0.25, -0.2) is 43.8 Å². The van der Waals surface area contributed by atoms with Crippen LogP contribution in [0.3, 0.4) is 0 Å². The second-order valence-electron chi connectivity index (χ2n) is 22.2. The van der Waals surface area contributed by atoms with E-state index in [4.69, 9.17) is 28.7 Å². The van der Waals surface area contributed by atoms with Crippen molar-refractivity contribution in [2.75, 3.05) is 23.8 Å². The van der Waals surface area contributed by atoms with Crippen molar-refractivity contribution >= 4 is 53.7 Å². The zero-order chi connectivity index (χ0) is 57.1. The van der Waals surface area contributed by atoms with E-state index in [2.05, 4.69) is 50.7 Å². The maximum absolute atomic E-state index is 14.3. The Labute approximate surface area is 476 Å². The van der Waals surface area contributed by atoms with E-state index in [0.717, 1.165) is 51.4 Å². The minimum absolute atomic E-state index is 0.125. The van der Waals surface area contributed by atoms with E-state index in [0.29, 0.717) is 68.8 Å². The number of nitrogens with zero attached hydrogens (tertiary/aromatic N) is 14. The van der Waals surface area contributed by atoms with Crippen LogP contribution in [-0.2, 0) is 23.1 Å². The van der Waals surface area contributed by atoms with Gasteiger partial charge in [-0.1, -0.05) is 41.5 Å². The van der Waals surface area contributed by atoms with E-state index in [1.54, 1.807) is 72.5 Å². The first kappa shape index (κ1) is 57.5. The molecule has 2 fully saturated rings. The molecule has 2 aliphatic carbocycles. The van der Waals surface area contributed by atoms with Crippen LogP contribution in [0.4, 0.5) is 11.4 Å². The van der Waals surface area contributed by atoms with Gasteiger partial charge in [0.15, 0.2) is 35.5 Å². The number of rotatable bonds is 20. The number of hydrogen-bond acceptors (Lipinski definition) is 19. The minimum Gasteiger partial charge on any atom is -0.379 e. The first-order valence-corrected chi connectivity index (χ1v) is 30.4. The van der Waals surface area contributed by atoms with Crippen molar-refractivity contribution in [3.8, 4) is 44.2 Å². The lowest BCUT2D eigenvalue weighted by atomic mass is 9.93. The summed E-state index contributed by atoms with van der Waals surface area (Å²) in [6, 6.07) is 3.69.